The number of aryl methyl sites for hydroxylation is 3. The van der Waals surface area contributed by atoms with Gasteiger partial charge in [-0.3, -0.25) is 0 Å². The summed E-state index contributed by atoms with van der Waals surface area (Å²) in [5.74, 6) is 1.03. The zero-order valence-electron chi connectivity index (χ0n) is 18.7. The molecule has 0 N–H and O–H groups in total. The minimum atomic E-state index is 0.981. The standard InChI is InChI=1S/C26H30N4S/c1-27-16-8-7-9-22(27)14-12-21-13-15-25(24-11-6-5-10-23(21)24)28(2)19-20-31-26-29(3)17-18-30(26)4/h5-18H,19-20H2,1-4H3/q+2. The third-order valence-electron chi connectivity index (χ3n) is 5.65. The molecule has 2 aromatic carbocycles. The van der Waals surface area contributed by atoms with Crippen molar-refractivity contribution in [3.05, 3.63) is 84.4 Å². The quantitative estimate of drug-likeness (QED) is 0.322. The third-order valence-corrected chi connectivity index (χ3v) is 6.87. The maximum Gasteiger partial charge on any atom is 0.317 e. The van der Waals surface area contributed by atoms with Crippen LogP contribution in [0.2, 0.25) is 0 Å². The summed E-state index contributed by atoms with van der Waals surface area (Å²) in [6, 6.07) is 19.4. The van der Waals surface area contributed by atoms with E-state index < -0.39 is 0 Å². The number of hydrogen-bond donors (Lipinski definition) is 0. The van der Waals surface area contributed by atoms with Gasteiger partial charge in [-0.15, -0.1) is 0 Å². The number of anilines is 1. The van der Waals surface area contributed by atoms with E-state index in [1.165, 1.54) is 32.9 Å². The predicted molar refractivity (Wildman–Crippen MR) is 131 cm³/mol. The van der Waals surface area contributed by atoms with Crippen molar-refractivity contribution < 1.29 is 9.13 Å². The Hall–Kier alpha value is -3.05. The molecule has 4 rings (SSSR count). The first kappa shape index (κ1) is 21.2. The van der Waals surface area contributed by atoms with Crippen molar-refractivity contribution in [2.45, 2.75) is 5.16 Å². The lowest BCUT2D eigenvalue weighted by atomic mass is 10.0. The summed E-state index contributed by atoms with van der Waals surface area (Å²) >= 11 is 1.89. The van der Waals surface area contributed by atoms with Gasteiger partial charge >= 0.3 is 5.16 Å². The second kappa shape index (κ2) is 9.40. The van der Waals surface area contributed by atoms with Crippen LogP contribution in [0, 0.1) is 0 Å². The third kappa shape index (κ3) is 4.67. The molecule has 0 saturated heterocycles. The van der Waals surface area contributed by atoms with E-state index >= 15 is 0 Å². The molecule has 4 aromatic rings. The molecule has 5 heteroatoms. The van der Waals surface area contributed by atoms with Crippen molar-refractivity contribution in [3.63, 3.8) is 0 Å². The summed E-state index contributed by atoms with van der Waals surface area (Å²) in [7, 11) is 8.46. The van der Waals surface area contributed by atoms with Gasteiger partial charge in [-0.05, 0) is 40.9 Å². The van der Waals surface area contributed by atoms with E-state index in [0.717, 1.165) is 12.3 Å². The number of benzene rings is 2. The number of fused-ring (bicyclic) bond motifs is 1. The van der Waals surface area contributed by atoms with Gasteiger partial charge in [0.25, 0.3) is 0 Å². The SMILES string of the molecule is CN(CCSc1n(C)cc[n+]1C)c1ccc(/C=C/c2cccc[n+]2C)c2ccccc12. The summed E-state index contributed by atoms with van der Waals surface area (Å²) in [5, 5.41) is 3.84. The molecular weight excluding hydrogens is 400 g/mol. The first-order chi connectivity index (χ1) is 15.0. The van der Waals surface area contributed by atoms with E-state index in [2.05, 4.69) is 126 Å². The molecule has 0 radical (unpaired) electrons. The molecule has 158 valence electrons. The van der Waals surface area contributed by atoms with Gasteiger partial charge in [0.1, 0.15) is 19.4 Å². The number of rotatable bonds is 7. The molecule has 0 bridgehead atoms. The fourth-order valence-corrected chi connectivity index (χ4v) is 4.92. The highest BCUT2D eigenvalue weighted by atomic mass is 32.2. The van der Waals surface area contributed by atoms with Crippen LogP contribution in [0.15, 0.2) is 78.3 Å². The van der Waals surface area contributed by atoms with Gasteiger partial charge in [0.05, 0.1) is 14.1 Å². The lowest BCUT2D eigenvalue weighted by Gasteiger charge is -2.21. The van der Waals surface area contributed by atoms with Crippen LogP contribution in [0.1, 0.15) is 11.3 Å². The van der Waals surface area contributed by atoms with Gasteiger partial charge in [-0.25, -0.2) is 13.7 Å². The van der Waals surface area contributed by atoms with Gasteiger partial charge in [0, 0.05) is 48.6 Å². The molecule has 0 fully saturated rings. The summed E-state index contributed by atoms with van der Waals surface area (Å²) in [4.78, 5) is 2.36. The monoisotopic (exact) mass is 430 g/mol. The fraction of sp³-hybridized carbons (Fsp3) is 0.231. The molecule has 0 aliphatic heterocycles. The van der Waals surface area contributed by atoms with Gasteiger partial charge in [-0.1, -0.05) is 30.3 Å². The highest BCUT2D eigenvalue weighted by Gasteiger charge is 2.13. The Morgan fingerprint density at radius 1 is 0.903 bits per heavy atom. The molecule has 2 aromatic heterocycles. The van der Waals surface area contributed by atoms with Crippen LogP contribution < -0.4 is 14.0 Å². The van der Waals surface area contributed by atoms with Crippen LogP contribution in [0.4, 0.5) is 5.69 Å². The van der Waals surface area contributed by atoms with Crippen molar-refractivity contribution in [1.82, 2.24) is 4.57 Å². The van der Waals surface area contributed by atoms with E-state index in [4.69, 9.17) is 0 Å². The fourth-order valence-electron chi connectivity index (χ4n) is 3.84. The number of aromatic nitrogens is 3. The number of imidazole rings is 1. The zero-order chi connectivity index (χ0) is 21.8. The van der Waals surface area contributed by atoms with Crippen LogP contribution >= 0.6 is 11.8 Å². The lowest BCUT2D eigenvalue weighted by molar-refractivity contribution is -0.709. The summed E-state index contributed by atoms with van der Waals surface area (Å²) in [5.41, 5.74) is 3.69. The van der Waals surface area contributed by atoms with Gasteiger partial charge < -0.3 is 4.90 Å². The van der Waals surface area contributed by atoms with Crippen LogP contribution in [-0.2, 0) is 21.1 Å². The molecule has 0 unspecified atom stereocenters. The van der Waals surface area contributed by atoms with Crippen molar-refractivity contribution >= 4 is 40.4 Å². The largest absolute Gasteiger partial charge is 0.373 e. The van der Waals surface area contributed by atoms with Gasteiger partial charge in [0.15, 0.2) is 6.20 Å². The van der Waals surface area contributed by atoms with E-state index in [9.17, 15) is 0 Å². The second-order valence-electron chi connectivity index (χ2n) is 7.86. The highest BCUT2D eigenvalue weighted by molar-refractivity contribution is 7.99. The Bertz CT molecular complexity index is 1210. The second-order valence-corrected chi connectivity index (χ2v) is 8.92. The molecule has 0 aliphatic carbocycles. The Kier molecular flexibility index (Phi) is 6.42. The number of pyridine rings is 1. The minimum Gasteiger partial charge on any atom is -0.373 e. The molecule has 4 nitrogen and oxygen atoms in total. The minimum absolute atomic E-state index is 0.981. The Morgan fingerprint density at radius 3 is 2.42 bits per heavy atom. The Balaban J connectivity index is 1.55. The molecule has 0 aliphatic rings. The zero-order valence-corrected chi connectivity index (χ0v) is 19.5. The maximum atomic E-state index is 2.36. The average Bonchev–Trinajstić information content (AvgIpc) is 3.10. The summed E-state index contributed by atoms with van der Waals surface area (Å²) < 4.78 is 6.48. The van der Waals surface area contributed by atoms with Crippen LogP contribution in [0.5, 0.6) is 0 Å². The number of nitrogens with zero attached hydrogens (tertiary/aromatic N) is 4. The average molecular weight is 431 g/mol. The Morgan fingerprint density at radius 2 is 1.68 bits per heavy atom. The van der Waals surface area contributed by atoms with E-state index in [0.29, 0.717) is 0 Å². The van der Waals surface area contributed by atoms with Gasteiger partial charge in [0.2, 0.25) is 5.69 Å². The van der Waals surface area contributed by atoms with Crippen LogP contribution in [0.25, 0.3) is 22.9 Å². The molecule has 0 saturated carbocycles. The van der Waals surface area contributed by atoms with E-state index in [1.807, 2.05) is 17.8 Å². The molecule has 0 atom stereocenters. The van der Waals surface area contributed by atoms with Crippen LogP contribution in [0.3, 0.4) is 0 Å². The van der Waals surface area contributed by atoms with Crippen molar-refractivity contribution in [3.8, 4) is 0 Å². The molecule has 31 heavy (non-hydrogen) atoms. The first-order valence-electron chi connectivity index (χ1n) is 10.5. The summed E-state index contributed by atoms with van der Waals surface area (Å²) in [6.45, 7) is 0.981. The lowest BCUT2D eigenvalue weighted by Crippen LogP contribution is -2.30. The first-order valence-corrected chi connectivity index (χ1v) is 11.5. The predicted octanol–water partition coefficient (Wildman–Crippen LogP) is 4.23. The summed E-state index contributed by atoms with van der Waals surface area (Å²) in [6.07, 6.45) is 10.7. The molecule has 0 amide bonds. The number of hydrogen-bond acceptors (Lipinski definition) is 2. The van der Waals surface area contributed by atoms with Crippen molar-refractivity contribution in [2.75, 3.05) is 24.2 Å². The van der Waals surface area contributed by atoms with Crippen molar-refractivity contribution in [1.29, 1.82) is 0 Å². The molecule has 0 spiro atoms. The number of thioether (sulfide) groups is 1. The Labute approximate surface area is 189 Å². The van der Waals surface area contributed by atoms with Crippen molar-refractivity contribution in [2.24, 2.45) is 21.1 Å². The van der Waals surface area contributed by atoms with Gasteiger partial charge in [-0.2, -0.15) is 0 Å². The van der Waals surface area contributed by atoms with E-state index in [1.54, 1.807) is 0 Å². The van der Waals surface area contributed by atoms with E-state index in [-0.39, 0.29) is 0 Å². The smallest absolute Gasteiger partial charge is 0.317 e. The normalized spacial score (nSPS) is 11.5. The molecule has 2 heterocycles. The van der Waals surface area contributed by atoms with Crippen LogP contribution in [-0.4, -0.2) is 23.9 Å². The maximum absolute atomic E-state index is 2.36. The topological polar surface area (TPSA) is 15.9 Å². The molecular formula is C26H30N4S+2. The highest BCUT2D eigenvalue weighted by Crippen LogP contribution is 2.30.